The second kappa shape index (κ2) is 11.1. The van der Waals surface area contributed by atoms with Crippen molar-refractivity contribution in [3.8, 4) is 0 Å². The summed E-state index contributed by atoms with van der Waals surface area (Å²) in [4.78, 5) is 23.5. The van der Waals surface area contributed by atoms with Crippen molar-refractivity contribution in [3.05, 3.63) is 35.4 Å². The molecule has 0 saturated heterocycles. The summed E-state index contributed by atoms with van der Waals surface area (Å²) in [5, 5.41) is 9.03. The summed E-state index contributed by atoms with van der Waals surface area (Å²) in [6.07, 6.45) is 2.95. The van der Waals surface area contributed by atoms with E-state index in [4.69, 9.17) is 9.29 Å². The molecule has 0 bridgehead atoms. The molecule has 6 heteroatoms. The van der Waals surface area contributed by atoms with Gasteiger partial charge in [0, 0.05) is 17.3 Å². The maximum atomic E-state index is 12.5. The van der Waals surface area contributed by atoms with Gasteiger partial charge < -0.3 is 9.29 Å². The summed E-state index contributed by atoms with van der Waals surface area (Å²) in [6, 6.07) is 6.06. The van der Waals surface area contributed by atoms with Gasteiger partial charge in [-0.15, -0.1) is 0 Å². The fraction of sp³-hybridized carbons (Fsp3) is 0.529. The van der Waals surface area contributed by atoms with Crippen LogP contribution in [0.2, 0.25) is 0 Å². The average Bonchev–Trinajstić information content (AvgIpc) is 2.48. The number of benzene rings is 1. The summed E-state index contributed by atoms with van der Waals surface area (Å²) >= 11 is 0. The Morgan fingerprint density at radius 2 is 1.48 bits per heavy atom. The van der Waals surface area contributed by atoms with Crippen LogP contribution in [-0.4, -0.2) is 63.9 Å². The third kappa shape index (κ3) is 6.87. The topological polar surface area (TPSA) is 63.6 Å². The van der Waals surface area contributed by atoms with Gasteiger partial charge in [0.25, 0.3) is 0 Å². The molecule has 0 aliphatic rings. The first-order chi connectivity index (χ1) is 10.5. The van der Waals surface area contributed by atoms with E-state index in [2.05, 4.69) is 20.8 Å². The number of carbonyl (C=O) groups is 2. The fourth-order valence-corrected chi connectivity index (χ4v) is 6.05. The molecule has 0 aliphatic heterocycles. The van der Waals surface area contributed by atoms with Crippen molar-refractivity contribution in [2.45, 2.75) is 40.0 Å². The zero-order valence-corrected chi connectivity index (χ0v) is 14.4. The molecule has 23 heavy (non-hydrogen) atoms. The number of carboxylic acids is 1. The van der Waals surface area contributed by atoms with Crippen LogP contribution in [0.3, 0.4) is 0 Å². The van der Waals surface area contributed by atoms with E-state index in [0.717, 1.165) is 36.5 Å². The fourth-order valence-electron chi connectivity index (χ4n) is 2.54. The van der Waals surface area contributed by atoms with E-state index in [-0.39, 0.29) is 35.1 Å². The zero-order chi connectivity index (χ0) is 16.6. The molecular weight excluding hydrogens is 323 g/mol. The van der Waals surface area contributed by atoms with Crippen molar-refractivity contribution in [1.82, 2.24) is 0 Å². The summed E-state index contributed by atoms with van der Waals surface area (Å²) in [6.45, 7) is 6.31. The molecule has 1 aromatic carbocycles. The van der Waals surface area contributed by atoms with E-state index in [1.165, 1.54) is 12.1 Å². The molecule has 1 N–H and O–H groups in total. The van der Waals surface area contributed by atoms with Crippen molar-refractivity contribution in [2.75, 3.05) is 17.3 Å². The number of hydrogen-bond acceptors (Lipinski definition) is 3. The Morgan fingerprint density at radius 3 is 1.91 bits per heavy atom. The molecule has 0 atom stereocenters. The first-order valence-corrected chi connectivity index (χ1v) is 9.88. The molecule has 0 aliphatic carbocycles. The molecule has 0 unspecified atom stereocenters. The van der Waals surface area contributed by atoms with Crippen molar-refractivity contribution in [1.29, 1.82) is 0 Å². The SMILES string of the molecule is CCCS(CCC)(CCC)OC(=O)c1cccc(C(=O)O)c1.[NaH]. The molecule has 1 aromatic rings. The van der Waals surface area contributed by atoms with Crippen LogP contribution in [0.5, 0.6) is 0 Å². The number of aromatic carboxylic acids is 1. The summed E-state index contributed by atoms with van der Waals surface area (Å²) in [7, 11) is -1.42. The van der Waals surface area contributed by atoms with Crippen LogP contribution in [0, 0.1) is 0 Å². The van der Waals surface area contributed by atoms with Gasteiger partial charge in [0.15, 0.2) is 0 Å². The first kappa shape index (κ1) is 22.5. The maximum absolute atomic E-state index is 12.5. The Balaban J connectivity index is 0.00000484. The van der Waals surface area contributed by atoms with E-state index in [0.29, 0.717) is 5.56 Å². The van der Waals surface area contributed by atoms with Crippen molar-refractivity contribution >= 4 is 51.8 Å². The third-order valence-corrected chi connectivity index (χ3v) is 7.29. The quantitative estimate of drug-likeness (QED) is 0.687. The average molecular weight is 350 g/mol. The summed E-state index contributed by atoms with van der Waals surface area (Å²) in [5.74, 6) is 1.31. The number of carboxylic acid groups (broad SMARTS) is 1. The monoisotopic (exact) mass is 350 g/mol. The van der Waals surface area contributed by atoms with Gasteiger partial charge in [0.2, 0.25) is 0 Å². The van der Waals surface area contributed by atoms with Crippen LogP contribution in [0.15, 0.2) is 24.3 Å². The van der Waals surface area contributed by atoms with Crippen LogP contribution in [0.4, 0.5) is 0 Å². The molecular formula is C17H27NaO4S. The zero-order valence-electron chi connectivity index (χ0n) is 13.6. The van der Waals surface area contributed by atoms with Crippen molar-refractivity contribution in [3.63, 3.8) is 0 Å². The molecule has 0 aromatic heterocycles. The van der Waals surface area contributed by atoms with Gasteiger partial charge in [-0.2, -0.15) is 0 Å². The van der Waals surface area contributed by atoms with Gasteiger partial charge in [0.1, 0.15) is 0 Å². The number of rotatable bonds is 9. The minimum atomic E-state index is -1.42. The van der Waals surface area contributed by atoms with Gasteiger partial charge in [-0.25, -0.2) is 9.59 Å². The van der Waals surface area contributed by atoms with Gasteiger partial charge in [-0.3, -0.25) is 0 Å². The standard InChI is InChI=1S/C17H26O4S.Na.H/c1-4-10-22(11-5-2,12-6-3)21-17(20)15-9-7-8-14(13-15)16(18)19;;/h7-9,13H,4-6,10-12H2,1-3H3,(H,18,19);;. The Morgan fingerprint density at radius 1 is 1.00 bits per heavy atom. The van der Waals surface area contributed by atoms with Gasteiger partial charge >= 0.3 is 41.5 Å². The minimum absolute atomic E-state index is 0. The number of carbonyl (C=O) groups excluding carboxylic acids is 1. The third-order valence-electron chi connectivity index (χ3n) is 3.33. The van der Waals surface area contributed by atoms with E-state index >= 15 is 0 Å². The predicted octanol–water partition coefficient (Wildman–Crippen LogP) is 3.84. The van der Waals surface area contributed by atoms with Crippen molar-refractivity contribution in [2.24, 2.45) is 0 Å². The van der Waals surface area contributed by atoms with Gasteiger partial charge in [-0.05, 0) is 37.5 Å². The Labute approximate surface area is 162 Å². The molecule has 0 amide bonds. The van der Waals surface area contributed by atoms with Crippen LogP contribution in [-0.2, 0) is 4.18 Å². The molecule has 126 valence electrons. The van der Waals surface area contributed by atoms with Crippen LogP contribution in [0.25, 0.3) is 0 Å². The van der Waals surface area contributed by atoms with Crippen molar-refractivity contribution < 1.29 is 18.9 Å². The van der Waals surface area contributed by atoms with Crippen LogP contribution in [0.1, 0.15) is 60.7 Å². The second-order valence-electron chi connectivity index (χ2n) is 5.34. The van der Waals surface area contributed by atoms with Gasteiger partial charge in [0.05, 0.1) is 11.1 Å². The summed E-state index contributed by atoms with van der Waals surface area (Å²) < 4.78 is 5.93. The van der Waals surface area contributed by atoms with Crippen LogP contribution < -0.4 is 0 Å². The Hall–Kier alpha value is -0.490. The van der Waals surface area contributed by atoms with Crippen LogP contribution >= 0.6 is 10.3 Å². The molecule has 0 fully saturated rings. The molecule has 0 saturated carbocycles. The molecule has 1 rings (SSSR count). The molecule has 0 heterocycles. The normalized spacial score (nSPS) is 11.4. The second-order valence-corrected chi connectivity index (χ2v) is 8.66. The molecule has 4 nitrogen and oxygen atoms in total. The van der Waals surface area contributed by atoms with Gasteiger partial charge in [-0.1, -0.05) is 37.1 Å². The van der Waals surface area contributed by atoms with E-state index in [1.807, 2.05) is 0 Å². The molecule has 0 radical (unpaired) electrons. The predicted molar refractivity (Wildman–Crippen MR) is 99.0 cm³/mol. The first-order valence-electron chi connectivity index (χ1n) is 7.81. The van der Waals surface area contributed by atoms with E-state index < -0.39 is 22.2 Å². The van der Waals surface area contributed by atoms with E-state index in [9.17, 15) is 9.59 Å². The van der Waals surface area contributed by atoms with E-state index in [1.54, 1.807) is 12.1 Å². The summed E-state index contributed by atoms with van der Waals surface area (Å²) in [5.41, 5.74) is 0.427. The number of hydrogen-bond donors (Lipinski definition) is 1. The Kier molecular flexibility index (Phi) is 10.9. The molecule has 0 spiro atoms. The Bertz CT molecular complexity index is 502.